The maximum atomic E-state index is 5.50. The number of hydrogen-bond acceptors (Lipinski definition) is 4. The lowest BCUT2D eigenvalue weighted by atomic mass is 10.1. The van der Waals surface area contributed by atoms with Crippen molar-refractivity contribution in [1.29, 1.82) is 0 Å². The Balaban J connectivity index is 2.21. The van der Waals surface area contributed by atoms with Crippen molar-refractivity contribution in [3.63, 3.8) is 0 Å². The van der Waals surface area contributed by atoms with Gasteiger partial charge >= 0.3 is 5.95 Å². The summed E-state index contributed by atoms with van der Waals surface area (Å²) >= 11 is 4.48. The van der Waals surface area contributed by atoms with Gasteiger partial charge in [-0.25, -0.2) is 9.55 Å². The number of methoxy groups -OCH3 is 2. The van der Waals surface area contributed by atoms with E-state index in [1.807, 2.05) is 42.8 Å². The maximum Gasteiger partial charge on any atom is 0.402 e. The van der Waals surface area contributed by atoms with Gasteiger partial charge in [0.2, 0.25) is 0 Å². The number of hydrogen-bond donors (Lipinski definition) is 2. The van der Waals surface area contributed by atoms with Crippen molar-refractivity contribution in [3.8, 4) is 17.4 Å². The zero-order valence-corrected chi connectivity index (χ0v) is 14.6. The molecule has 3 aromatic rings. The molecule has 6 heteroatoms. The highest BCUT2D eigenvalue weighted by atomic mass is 32.1. The van der Waals surface area contributed by atoms with E-state index in [4.69, 9.17) is 9.47 Å². The highest BCUT2D eigenvalue weighted by Crippen LogP contribution is 2.25. The van der Waals surface area contributed by atoms with Crippen molar-refractivity contribution in [1.82, 2.24) is 9.97 Å². The van der Waals surface area contributed by atoms with Gasteiger partial charge in [-0.15, -0.1) is 0 Å². The van der Waals surface area contributed by atoms with Gasteiger partial charge in [0.1, 0.15) is 22.7 Å². The first kappa shape index (κ1) is 15.7. The van der Waals surface area contributed by atoms with Gasteiger partial charge in [0.15, 0.2) is 5.52 Å². The lowest BCUT2D eigenvalue weighted by molar-refractivity contribution is -0.611. The number of pyridine rings is 1. The highest BCUT2D eigenvalue weighted by molar-refractivity contribution is 7.79. The summed E-state index contributed by atoms with van der Waals surface area (Å²) < 4.78 is 12.8. The molecule has 1 N–H and O–H groups in total. The average Bonchev–Trinajstić information content (AvgIpc) is 2.97. The zero-order valence-electron chi connectivity index (χ0n) is 13.7. The summed E-state index contributed by atoms with van der Waals surface area (Å²) in [5, 5.41) is 0. The van der Waals surface area contributed by atoms with Gasteiger partial charge in [-0.3, -0.25) is 0 Å². The first-order chi connectivity index (χ1) is 11.1. The number of rotatable bonds is 4. The molecule has 120 valence electrons. The van der Waals surface area contributed by atoms with Crippen LogP contribution in [0.5, 0.6) is 11.5 Å². The van der Waals surface area contributed by atoms with Crippen LogP contribution in [0.2, 0.25) is 0 Å². The molecule has 0 amide bonds. The lowest BCUT2D eigenvalue weighted by Gasteiger charge is -2.13. The number of fused-ring (bicyclic) bond motifs is 1. The number of aromatic nitrogens is 3. The van der Waals surface area contributed by atoms with Gasteiger partial charge in [-0.1, -0.05) is 4.98 Å². The number of benzene rings is 1. The molecule has 0 spiro atoms. The molecule has 0 aliphatic heterocycles. The number of H-pyrrole nitrogens is 1. The Labute approximate surface area is 140 Å². The van der Waals surface area contributed by atoms with E-state index in [1.165, 1.54) is 0 Å². The summed E-state index contributed by atoms with van der Waals surface area (Å²) in [6.07, 6.45) is 2.02. The molecule has 0 bridgehead atoms. The van der Waals surface area contributed by atoms with Crippen molar-refractivity contribution >= 4 is 23.7 Å². The van der Waals surface area contributed by atoms with E-state index in [0.29, 0.717) is 5.75 Å². The van der Waals surface area contributed by atoms with E-state index >= 15 is 0 Å². The molecule has 0 aliphatic rings. The van der Waals surface area contributed by atoms with Gasteiger partial charge in [0.05, 0.1) is 20.4 Å². The van der Waals surface area contributed by atoms with E-state index in [1.54, 1.807) is 14.2 Å². The molecule has 0 fully saturated rings. The normalized spacial score (nSPS) is 11.0. The van der Waals surface area contributed by atoms with Crippen LogP contribution in [0.1, 0.15) is 16.8 Å². The maximum absolute atomic E-state index is 5.50. The number of imidazole rings is 1. The fraction of sp³-hybridized carbons (Fsp3) is 0.294. The van der Waals surface area contributed by atoms with Gasteiger partial charge in [-0.2, -0.15) is 12.6 Å². The molecule has 0 unspecified atom stereocenters. The first-order valence-electron chi connectivity index (χ1n) is 7.32. The fourth-order valence-corrected chi connectivity index (χ4v) is 3.24. The van der Waals surface area contributed by atoms with E-state index in [0.717, 1.165) is 45.3 Å². The number of aromatic amines is 1. The predicted molar refractivity (Wildman–Crippen MR) is 92.9 cm³/mol. The van der Waals surface area contributed by atoms with Gasteiger partial charge in [0, 0.05) is 22.9 Å². The number of nitrogens with one attached hydrogen (secondary N) is 1. The predicted octanol–water partition coefficient (Wildman–Crippen LogP) is 2.90. The Hall–Kier alpha value is -2.21. The molecule has 5 nitrogen and oxygen atoms in total. The van der Waals surface area contributed by atoms with Gasteiger partial charge in [0.25, 0.3) is 0 Å². The van der Waals surface area contributed by atoms with Crippen LogP contribution < -0.4 is 14.0 Å². The monoisotopic (exact) mass is 330 g/mol. The summed E-state index contributed by atoms with van der Waals surface area (Å²) in [4.78, 5) is 8.03. The highest BCUT2D eigenvalue weighted by Gasteiger charge is 2.21. The number of ether oxygens (including phenoxy) is 2. The van der Waals surface area contributed by atoms with Gasteiger partial charge < -0.3 is 9.47 Å². The topological polar surface area (TPSA) is 51.0 Å². The Bertz CT molecular complexity index is 874. The lowest BCUT2D eigenvalue weighted by Crippen LogP contribution is -2.38. The van der Waals surface area contributed by atoms with Crippen LogP contribution in [0.15, 0.2) is 24.4 Å². The van der Waals surface area contributed by atoms with Crippen LogP contribution in [-0.2, 0) is 5.75 Å². The van der Waals surface area contributed by atoms with Gasteiger partial charge in [-0.05, 0) is 26.0 Å². The summed E-state index contributed by atoms with van der Waals surface area (Å²) in [7, 11) is 3.35. The standard InChI is InChI=1S/C17H19N3O2S/c1-10-8-20(15(9-23)11(2)16(10)22-4)17-18-13-6-5-12(21-3)7-14(13)19-17/h5-8H,9H2,1-4H3,(H-,18,19,23)/p+1. The van der Waals surface area contributed by atoms with Crippen LogP contribution in [0.3, 0.4) is 0 Å². The van der Waals surface area contributed by atoms with E-state index in [9.17, 15) is 0 Å². The molecule has 0 atom stereocenters. The van der Waals surface area contributed by atoms with Crippen LogP contribution in [-0.4, -0.2) is 24.2 Å². The van der Waals surface area contributed by atoms with Crippen molar-refractivity contribution in [3.05, 3.63) is 41.2 Å². The minimum atomic E-state index is 0.586. The molecule has 23 heavy (non-hydrogen) atoms. The number of thiol groups is 1. The summed E-state index contributed by atoms with van der Waals surface area (Å²) in [6, 6.07) is 5.79. The molecule has 3 rings (SSSR count). The summed E-state index contributed by atoms with van der Waals surface area (Å²) in [5.41, 5.74) is 4.99. The molecule has 0 radical (unpaired) electrons. The van der Waals surface area contributed by atoms with Crippen molar-refractivity contribution in [2.45, 2.75) is 19.6 Å². The summed E-state index contributed by atoms with van der Waals surface area (Å²) in [5.74, 6) is 3.03. The second-order valence-electron chi connectivity index (χ2n) is 5.39. The number of aryl methyl sites for hydroxylation is 1. The molecule has 1 aromatic carbocycles. The molecule has 2 aromatic heterocycles. The molecular weight excluding hydrogens is 310 g/mol. The second-order valence-corrected chi connectivity index (χ2v) is 5.70. The van der Waals surface area contributed by atoms with Crippen molar-refractivity contribution in [2.75, 3.05) is 14.2 Å². The third kappa shape index (κ3) is 2.63. The van der Waals surface area contributed by atoms with Crippen LogP contribution >= 0.6 is 12.6 Å². The van der Waals surface area contributed by atoms with E-state index in [2.05, 4.69) is 22.6 Å². The Morgan fingerprint density at radius 3 is 2.65 bits per heavy atom. The SMILES string of the molecule is COc1ccc2nc(-[n+]3cc(C)c(OC)c(C)c3CS)[nH]c2c1. The first-order valence-corrected chi connectivity index (χ1v) is 7.96. The van der Waals surface area contributed by atoms with Crippen LogP contribution in [0.4, 0.5) is 0 Å². The van der Waals surface area contributed by atoms with Crippen molar-refractivity contribution < 1.29 is 14.0 Å². The molecule has 0 saturated carbocycles. The smallest absolute Gasteiger partial charge is 0.402 e. The quantitative estimate of drug-likeness (QED) is 0.571. The largest absolute Gasteiger partial charge is 0.497 e. The Morgan fingerprint density at radius 1 is 1.22 bits per heavy atom. The fourth-order valence-electron chi connectivity index (χ4n) is 2.85. The minimum Gasteiger partial charge on any atom is -0.497 e. The number of nitrogens with zero attached hydrogens (tertiary/aromatic N) is 2. The zero-order chi connectivity index (χ0) is 16.6. The van der Waals surface area contributed by atoms with E-state index < -0.39 is 0 Å². The molecule has 0 aliphatic carbocycles. The Kier molecular flexibility index (Phi) is 4.17. The van der Waals surface area contributed by atoms with Crippen LogP contribution in [0.25, 0.3) is 17.0 Å². The summed E-state index contributed by atoms with van der Waals surface area (Å²) in [6.45, 7) is 4.07. The molecule has 0 saturated heterocycles. The van der Waals surface area contributed by atoms with Crippen LogP contribution in [0, 0.1) is 13.8 Å². The third-order valence-corrected chi connectivity index (χ3v) is 4.30. The molecular formula is C17H20N3O2S+. The average molecular weight is 330 g/mol. The van der Waals surface area contributed by atoms with E-state index in [-0.39, 0.29) is 0 Å². The van der Waals surface area contributed by atoms with Crippen molar-refractivity contribution in [2.24, 2.45) is 0 Å². The third-order valence-electron chi connectivity index (χ3n) is 4.00. The second kappa shape index (κ2) is 6.12. The Morgan fingerprint density at radius 2 is 2.00 bits per heavy atom. The molecule has 2 heterocycles. The minimum absolute atomic E-state index is 0.586.